The van der Waals surface area contributed by atoms with Gasteiger partial charge in [0, 0.05) is 6.20 Å². The van der Waals surface area contributed by atoms with Gasteiger partial charge in [0.15, 0.2) is 0 Å². The van der Waals surface area contributed by atoms with Crippen LogP contribution in [0.5, 0.6) is 0 Å². The Morgan fingerprint density at radius 2 is 2.44 bits per heavy atom. The van der Waals surface area contributed by atoms with Gasteiger partial charge in [-0.25, -0.2) is 0 Å². The van der Waals surface area contributed by atoms with E-state index in [1.54, 1.807) is 17.1 Å². The van der Waals surface area contributed by atoms with Crippen molar-refractivity contribution in [1.29, 1.82) is 0 Å². The van der Waals surface area contributed by atoms with Gasteiger partial charge >= 0.3 is 0 Å². The van der Waals surface area contributed by atoms with Gasteiger partial charge in [0.25, 0.3) is 0 Å². The first-order valence-electron chi connectivity index (χ1n) is 6.31. The van der Waals surface area contributed by atoms with Crippen LogP contribution in [0.1, 0.15) is 26.2 Å². The van der Waals surface area contributed by atoms with E-state index in [0.717, 1.165) is 25.8 Å². The maximum Gasteiger partial charge on any atom is 0.239 e. The second-order valence-corrected chi connectivity index (χ2v) is 5.33. The summed E-state index contributed by atoms with van der Waals surface area (Å²) in [6.45, 7) is 3.28. The van der Waals surface area contributed by atoms with Crippen LogP contribution in [-0.2, 0) is 11.3 Å². The zero-order valence-electron chi connectivity index (χ0n) is 10.5. The number of aromatic nitrogens is 2. The van der Waals surface area contributed by atoms with Crippen molar-refractivity contribution >= 4 is 17.5 Å². The third-order valence-corrected chi connectivity index (χ3v) is 3.61. The smallest absolute Gasteiger partial charge is 0.239 e. The molecule has 2 rings (SSSR count). The van der Waals surface area contributed by atoms with Gasteiger partial charge in [0.2, 0.25) is 5.91 Å². The predicted molar refractivity (Wildman–Crippen MR) is 70.2 cm³/mol. The van der Waals surface area contributed by atoms with E-state index < -0.39 is 5.54 Å². The fourth-order valence-electron chi connectivity index (χ4n) is 2.30. The van der Waals surface area contributed by atoms with Crippen LogP contribution in [0.25, 0.3) is 0 Å². The average Bonchev–Trinajstić information content (AvgIpc) is 3.09. The van der Waals surface area contributed by atoms with Crippen LogP contribution in [-0.4, -0.2) is 27.8 Å². The monoisotopic (exact) mass is 270 g/mol. The van der Waals surface area contributed by atoms with Crippen LogP contribution in [0.3, 0.4) is 0 Å². The van der Waals surface area contributed by atoms with Crippen LogP contribution in [0.2, 0.25) is 5.02 Å². The normalized spacial score (nSPS) is 18.6. The second-order valence-electron chi connectivity index (χ2n) is 4.89. The van der Waals surface area contributed by atoms with Crippen LogP contribution in [0.15, 0.2) is 12.4 Å². The molecule has 1 heterocycles. The minimum atomic E-state index is -0.689. The number of primary amides is 1. The first-order chi connectivity index (χ1) is 8.58. The number of carbonyl (C=O) groups is 1. The Kier molecular flexibility index (Phi) is 3.92. The molecule has 1 fully saturated rings. The minimum absolute atomic E-state index is 0.301. The van der Waals surface area contributed by atoms with Crippen molar-refractivity contribution in [3.05, 3.63) is 17.4 Å². The molecule has 0 aliphatic heterocycles. The van der Waals surface area contributed by atoms with E-state index in [-0.39, 0.29) is 5.91 Å². The lowest BCUT2D eigenvalue weighted by molar-refractivity contribution is -0.126. The molecule has 1 aliphatic rings. The first kappa shape index (κ1) is 13.4. The Bertz CT molecular complexity index is 429. The number of nitrogens with one attached hydrogen (secondary N) is 1. The number of hydrogen-bond acceptors (Lipinski definition) is 3. The van der Waals surface area contributed by atoms with Gasteiger partial charge in [-0.15, -0.1) is 0 Å². The summed E-state index contributed by atoms with van der Waals surface area (Å²) in [7, 11) is 0. The average molecular weight is 271 g/mol. The highest BCUT2D eigenvalue weighted by molar-refractivity contribution is 6.30. The van der Waals surface area contributed by atoms with E-state index in [2.05, 4.69) is 17.3 Å². The summed E-state index contributed by atoms with van der Waals surface area (Å²) in [5.41, 5.74) is 4.94. The summed E-state index contributed by atoms with van der Waals surface area (Å²) >= 11 is 5.85. The van der Waals surface area contributed by atoms with Crippen molar-refractivity contribution in [2.45, 2.75) is 38.3 Å². The molecular weight excluding hydrogens is 252 g/mol. The molecule has 1 aliphatic carbocycles. The zero-order valence-corrected chi connectivity index (χ0v) is 11.3. The number of nitrogens with two attached hydrogens (primary N) is 1. The number of amides is 1. The van der Waals surface area contributed by atoms with E-state index in [9.17, 15) is 4.79 Å². The van der Waals surface area contributed by atoms with Crippen molar-refractivity contribution in [2.24, 2.45) is 11.7 Å². The Hall–Kier alpha value is -1.07. The van der Waals surface area contributed by atoms with E-state index in [4.69, 9.17) is 17.3 Å². The summed E-state index contributed by atoms with van der Waals surface area (Å²) < 4.78 is 1.69. The highest BCUT2D eigenvalue weighted by atomic mass is 35.5. The van der Waals surface area contributed by atoms with Gasteiger partial charge in [0.1, 0.15) is 5.54 Å². The van der Waals surface area contributed by atoms with Crippen molar-refractivity contribution in [1.82, 2.24) is 15.1 Å². The standard InChI is InChI=1S/C12H19ClN4O/c1-2-5-15-12(11(14)18,9-3-4-9)8-17-7-10(13)6-16-17/h6-7,9,15H,2-5,8H2,1H3,(H2,14,18). The Morgan fingerprint density at radius 1 is 1.72 bits per heavy atom. The number of halogens is 1. The lowest BCUT2D eigenvalue weighted by Gasteiger charge is -2.32. The molecule has 1 atom stereocenters. The fourth-order valence-corrected chi connectivity index (χ4v) is 2.46. The number of nitrogens with zero attached hydrogens (tertiary/aromatic N) is 2. The maximum atomic E-state index is 11.9. The van der Waals surface area contributed by atoms with Crippen LogP contribution in [0, 0.1) is 5.92 Å². The molecular formula is C12H19ClN4O. The van der Waals surface area contributed by atoms with Crippen LogP contribution >= 0.6 is 11.6 Å². The fraction of sp³-hybridized carbons (Fsp3) is 0.667. The molecule has 3 N–H and O–H groups in total. The first-order valence-corrected chi connectivity index (χ1v) is 6.69. The topological polar surface area (TPSA) is 72.9 Å². The van der Waals surface area contributed by atoms with Crippen molar-refractivity contribution in [3.63, 3.8) is 0 Å². The number of hydrogen-bond donors (Lipinski definition) is 2. The SMILES string of the molecule is CCCNC(Cn1cc(Cl)cn1)(C(N)=O)C1CC1. The molecule has 100 valence electrons. The van der Waals surface area contributed by atoms with Crippen molar-refractivity contribution in [3.8, 4) is 0 Å². The highest BCUT2D eigenvalue weighted by Gasteiger charge is 2.49. The molecule has 0 saturated heterocycles. The van der Waals surface area contributed by atoms with Gasteiger partial charge < -0.3 is 11.1 Å². The van der Waals surface area contributed by atoms with Gasteiger partial charge in [-0.2, -0.15) is 5.10 Å². The molecule has 1 saturated carbocycles. The molecule has 1 unspecified atom stereocenters. The number of carbonyl (C=O) groups excluding carboxylic acids is 1. The van der Waals surface area contributed by atoms with Crippen LogP contribution < -0.4 is 11.1 Å². The lowest BCUT2D eigenvalue weighted by Crippen LogP contribution is -2.60. The molecule has 5 nitrogen and oxygen atoms in total. The third kappa shape index (κ3) is 2.67. The van der Waals surface area contributed by atoms with E-state index in [0.29, 0.717) is 17.5 Å². The summed E-state index contributed by atoms with van der Waals surface area (Å²) in [6.07, 6.45) is 6.32. The van der Waals surface area contributed by atoms with E-state index in [1.807, 2.05) is 0 Å². The van der Waals surface area contributed by atoms with Crippen LogP contribution in [0.4, 0.5) is 0 Å². The Morgan fingerprint density at radius 3 is 2.89 bits per heavy atom. The van der Waals surface area contributed by atoms with E-state index >= 15 is 0 Å². The summed E-state index contributed by atoms with van der Waals surface area (Å²) in [5.74, 6) is 0.00889. The molecule has 6 heteroatoms. The Balaban J connectivity index is 2.19. The summed E-state index contributed by atoms with van der Waals surface area (Å²) in [6, 6.07) is 0. The largest absolute Gasteiger partial charge is 0.368 e. The third-order valence-electron chi connectivity index (χ3n) is 3.42. The Labute approximate surface area is 112 Å². The molecule has 18 heavy (non-hydrogen) atoms. The molecule has 1 aromatic heterocycles. The molecule has 0 aromatic carbocycles. The lowest BCUT2D eigenvalue weighted by atomic mass is 9.92. The summed E-state index contributed by atoms with van der Waals surface area (Å²) in [5, 5.41) is 8.03. The summed E-state index contributed by atoms with van der Waals surface area (Å²) in [4.78, 5) is 11.9. The van der Waals surface area contributed by atoms with Gasteiger partial charge in [-0.3, -0.25) is 9.48 Å². The molecule has 0 spiro atoms. The molecule has 0 radical (unpaired) electrons. The zero-order chi connectivity index (χ0) is 13.2. The number of rotatable bonds is 7. The van der Waals surface area contributed by atoms with Crippen molar-refractivity contribution < 1.29 is 4.79 Å². The van der Waals surface area contributed by atoms with Gasteiger partial charge in [-0.1, -0.05) is 18.5 Å². The van der Waals surface area contributed by atoms with Crippen molar-refractivity contribution in [2.75, 3.05) is 6.54 Å². The van der Waals surface area contributed by atoms with Gasteiger partial charge in [-0.05, 0) is 31.7 Å². The predicted octanol–water partition coefficient (Wildman–Crippen LogP) is 1.17. The van der Waals surface area contributed by atoms with Gasteiger partial charge in [0.05, 0.1) is 17.8 Å². The molecule has 1 aromatic rings. The maximum absolute atomic E-state index is 11.9. The quantitative estimate of drug-likeness (QED) is 0.781. The minimum Gasteiger partial charge on any atom is -0.368 e. The highest BCUT2D eigenvalue weighted by Crippen LogP contribution is 2.40. The molecule has 1 amide bonds. The second kappa shape index (κ2) is 5.28. The molecule has 0 bridgehead atoms. The van der Waals surface area contributed by atoms with E-state index in [1.165, 1.54) is 0 Å².